The number of anilines is 1. The van der Waals surface area contributed by atoms with E-state index in [1.165, 1.54) is 11.3 Å². The van der Waals surface area contributed by atoms with Gasteiger partial charge in [0.2, 0.25) is 0 Å². The Bertz CT molecular complexity index is 936. The molecule has 25 heavy (non-hydrogen) atoms. The van der Waals surface area contributed by atoms with E-state index in [9.17, 15) is 4.79 Å². The molecule has 1 amide bonds. The van der Waals surface area contributed by atoms with Gasteiger partial charge in [0, 0.05) is 11.8 Å². The number of ether oxygens (including phenoxy) is 1. The van der Waals surface area contributed by atoms with Gasteiger partial charge in [-0.3, -0.25) is 5.32 Å². The topological polar surface area (TPSA) is 64.1 Å². The largest absolute Gasteiger partial charge is 0.449 e. The molecule has 1 fully saturated rings. The second-order valence-electron chi connectivity index (χ2n) is 5.79. The fourth-order valence-corrected chi connectivity index (χ4v) is 4.13. The molecule has 3 aromatic rings. The summed E-state index contributed by atoms with van der Waals surface area (Å²) in [5, 5.41) is 4.42. The maximum atomic E-state index is 11.9. The van der Waals surface area contributed by atoms with Crippen LogP contribution >= 0.6 is 34.5 Å². The highest BCUT2D eigenvalue weighted by Crippen LogP contribution is 2.40. The van der Waals surface area contributed by atoms with Gasteiger partial charge in [-0.05, 0) is 37.0 Å². The van der Waals surface area contributed by atoms with Gasteiger partial charge in [0.25, 0.3) is 0 Å². The third kappa shape index (κ3) is 3.56. The quantitative estimate of drug-likeness (QED) is 0.624. The molecule has 0 spiro atoms. The Labute approximate surface area is 158 Å². The molecule has 2 aromatic heterocycles. The van der Waals surface area contributed by atoms with Crippen LogP contribution in [0, 0.1) is 5.92 Å². The van der Waals surface area contributed by atoms with E-state index in [-0.39, 0.29) is 0 Å². The highest BCUT2D eigenvalue weighted by atomic mass is 35.5. The van der Waals surface area contributed by atoms with Gasteiger partial charge in [0.15, 0.2) is 5.82 Å². The average Bonchev–Trinajstić information content (AvgIpc) is 3.31. The van der Waals surface area contributed by atoms with Gasteiger partial charge in [-0.25, -0.2) is 14.8 Å². The molecule has 0 unspecified atom stereocenters. The van der Waals surface area contributed by atoms with Crippen LogP contribution in [0.4, 0.5) is 10.6 Å². The predicted octanol–water partition coefficient (Wildman–Crippen LogP) is 5.62. The summed E-state index contributed by atoms with van der Waals surface area (Å²) in [5.41, 5.74) is 1.39. The lowest BCUT2D eigenvalue weighted by molar-refractivity contribution is 0.156. The van der Waals surface area contributed by atoms with Gasteiger partial charge in [0.1, 0.15) is 5.01 Å². The van der Waals surface area contributed by atoms with Crippen LogP contribution in [0.2, 0.25) is 10.0 Å². The van der Waals surface area contributed by atoms with Crippen molar-refractivity contribution in [2.75, 3.05) is 11.9 Å². The first-order valence-corrected chi connectivity index (χ1v) is 9.33. The Morgan fingerprint density at radius 2 is 2.04 bits per heavy atom. The highest BCUT2D eigenvalue weighted by molar-refractivity contribution is 7.22. The fraction of sp³-hybridized carbons (Fsp3) is 0.235. The number of benzene rings is 1. The van der Waals surface area contributed by atoms with Crippen molar-refractivity contribution < 1.29 is 9.53 Å². The van der Waals surface area contributed by atoms with Gasteiger partial charge in [-0.15, -0.1) is 11.3 Å². The zero-order valence-corrected chi connectivity index (χ0v) is 15.3. The van der Waals surface area contributed by atoms with Crippen LogP contribution in [-0.2, 0) is 4.74 Å². The minimum absolute atomic E-state index is 0.422. The lowest BCUT2D eigenvalue weighted by Gasteiger charge is -2.05. The molecule has 1 aliphatic carbocycles. The van der Waals surface area contributed by atoms with E-state index in [0.29, 0.717) is 44.5 Å². The molecule has 0 aliphatic heterocycles. The van der Waals surface area contributed by atoms with Crippen LogP contribution in [0.25, 0.3) is 20.8 Å². The average molecular weight is 394 g/mol. The normalized spacial score (nSPS) is 13.8. The maximum absolute atomic E-state index is 11.9. The monoisotopic (exact) mass is 393 g/mol. The minimum Gasteiger partial charge on any atom is -0.449 e. The highest BCUT2D eigenvalue weighted by Gasteiger charge is 2.23. The Hall–Kier alpha value is -1.89. The van der Waals surface area contributed by atoms with E-state index in [2.05, 4.69) is 15.3 Å². The Morgan fingerprint density at radius 3 is 2.76 bits per heavy atom. The van der Waals surface area contributed by atoms with Crippen molar-refractivity contribution in [3.8, 4) is 10.6 Å². The maximum Gasteiger partial charge on any atom is 0.412 e. The molecular formula is C17H13Cl2N3O2S. The van der Waals surface area contributed by atoms with Gasteiger partial charge in [-0.1, -0.05) is 29.3 Å². The lowest BCUT2D eigenvalue weighted by atomic mass is 10.2. The van der Waals surface area contributed by atoms with Crippen LogP contribution < -0.4 is 5.32 Å². The number of nitrogens with one attached hydrogen (secondary N) is 1. The van der Waals surface area contributed by atoms with E-state index in [0.717, 1.165) is 17.5 Å². The number of aromatic nitrogens is 2. The van der Waals surface area contributed by atoms with Crippen molar-refractivity contribution in [2.45, 2.75) is 12.8 Å². The molecule has 1 saturated carbocycles. The molecule has 128 valence electrons. The molecule has 0 saturated heterocycles. The summed E-state index contributed by atoms with van der Waals surface area (Å²) in [6, 6.07) is 7.09. The number of hydrogen-bond donors (Lipinski definition) is 1. The van der Waals surface area contributed by atoms with Crippen LogP contribution in [0.5, 0.6) is 0 Å². The first-order valence-electron chi connectivity index (χ1n) is 7.75. The van der Waals surface area contributed by atoms with E-state index in [4.69, 9.17) is 27.9 Å². The first kappa shape index (κ1) is 16.6. The Morgan fingerprint density at radius 1 is 1.28 bits per heavy atom. The van der Waals surface area contributed by atoms with Gasteiger partial charge >= 0.3 is 6.09 Å². The standard InChI is InChI=1S/C17H13Cl2N3O2S/c18-10-2-1-3-11(19)13(10)16-21-12-6-7-20-15(14(12)25-16)22-17(23)24-8-9-4-5-9/h1-3,6-7,9H,4-5,8H2,(H,20,22,23). The van der Waals surface area contributed by atoms with Crippen LogP contribution in [-0.4, -0.2) is 22.7 Å². The minimum atomic E-state index is -0.502. The molecule has 1 N–H and O–H groups in total. The van der Waals surface area contributed by atoms with Crippen molar-refractivity contribution in [1.29, 1.82) is 0 Å². The zero-order chi connectivity index (χ0) is 17.4. The molecule has 4 rings (SSSR count). The summed E-state index contributed by atoms with van der Waals surface area (Å²) >= 11 is 13.9. The molecule has 0 radical (unpaired) electrons. The predicted molar refractivity (Wildman–Crippen MR) is 101 cm³/mol. The molecule has 5 nitrogen and oxygen atoms in total. The van der Waals surface area contributed by atoms with Gasteiger partial charge in [-0.2, -0.15) is 0 Å². The summed E-state index contributed by atoms with van der Waals surface area (Å²) in [5.74, 6) is 0.928. The Kier molecular flexibility index (Phi) is 4.50. The van der Waals surface area contributed by atoms with E-state index >= 15 is 0 Å². The number of fused-ring (bicyclic) bond motifs is 1. The molecular weight excluding hydrogens is 381 g/mol. The number of carbonyl (C=O) groups is 1. The van der Waals surface area contributed by atoms with Crippen molar-refractivity contribution in [2.24, 2.45) is 5.92 Å². The van der Waals surface area contributed by atoms with Crippen LogP contribution in [0.1, 0.15) is 12.8 Å². The third-order valence-electron chi connectivity index (χ3n) is 3.85. The molecule has 0 atom stereocenters. The number of thiazole rings is 1. The number of rotatable bonds is 4. The van der Waals surface area contributed by atoms with E-state index in [1.54, 1.807) is 30.5 Å². The van der Waals surface area contributed by atoms with Crippen LogP contribution in [0.15, 0.2) is 30.5 Å². The Balaban J connectivity index is 1.65. The second-order valence-corrected chi connectivity index (χ2v) is 7.60. The molecule has 1 aliphatic rings. The molecule has 2 heterocycles. The number of halogens is 2. The summed E-state index contributed by atoms with van der Waals surface area (Å²) in [4.78, 5) is 20.8. The number of carbonyl (C=O) groups excluding carboxylic acids is 1. The summed E-state index contributed by atoms with van der Waals surface area (Å²) in [6.45, 7) is 0.449. The van der Waals surface area contributed by atoms with Gasteiger partial charge < -0.3 is 4.74 Å². The zero-order valence-electron chi connectivity index (χ0n) is 13.0. The van der Waals surface area contributed by atoms with Crippen molar-refractivity contribution in [3.63, 3.8) is 0 Å². The second kappa shape index (κ2) is 6.78. The third-order valence-corrected chi connectivity index (χ3v) is 5.57. The van der Waals surface area contributed by atoms with E-state index < -0.39 is 6.09 Å². The van der Waals surface area contributed by atoms with Crippen LogP contribution in [0.3, 0.4) is 0 Å². The summed E-state index contributed by atoms with van der Waals surface area (Å²) < 4.78 is 5.95. The van der Waals surface area contributed by atoms with Crippen molar-refractivity contribution in [1.82, 2.24) is 9.97 Å². The van der Waals surface area contributed by atoms with Gasteiger partial charge in [0.05, 0.1) is 26.9 Å². The SMILES string of the molecule is O=C(Nc1nccc2nc(-c3c(Cl)cccc3Cl)sc12)OCC1CC1. The number of hydrogen-bond acceptors (Lipinski definition) is 5. The van der Waals surface area contributed by atoms with E-state index in [1.807, 2.05) is 0 Å². The fourth-order valence-electron chi connectivity index (χ4n) is 2.36. The van der Waals surface area contributed by atoms with Crippen molar-refractivity contribution >= 4 is 56.7 Å². The van der Waals surface area contributed by atoms with Crippen molar-refractivity contribution in [3.05, 3.63) is 40.5 Å². The molecule has 0 bridgehead atoms. The first-order chi connectivity index (χ1) is 12.1. The smallest absolute Gasteiger partial charge is 0.412 e. The summed E-state index contributed by atoms with van der Waals surface area (Å²) in [6.07, 6.45) is 3.34. The number of pyridine rings is 1. The molecule has 8 heteroatoms. The molecule has 1 aromatic carbocycles. The number of nitrogens with zero attached hydrogens (tertiary/aromatic N) is 2. The lowest BCUT2D eigenvalue weighted by Crippen LogP contribution is -2.15. The summed E-state index contributed by atoms with van der Waals surface area (Å²) in [7, 11) is 0. The number of amides is 1.